The lowest BCUT2D eigenvalue weighted by molar-refractivity contribution is -0.141. The zero-order chi connectivity index (χ0) is 20.7. The second kappa shape index (κ2) is 10.3. The molecule has 4 nitrogen and oxygen atoms in total. The summed E-state index contributed by atoms with van der Waals surface area (Å²) in [4.78, 5) is 27.6. The van der Waals surface area contributed by atoms with E-state index in [1.165, 1.54) is 0 Å². The Morgan fingerprint density at radius 3 is 2.11 bits per heavy atom. The van der Waals surface area contributed by atoms with Crippen LogP contribution in [0.25, 0.3) is 0 Å². The molecule has 0 aliphatic heterocycles. The van der Waals surface area contributed by atoms with E-state index >= 15 is 0 Å². The molecule has 0 aliphatic rings. The third kappa shape index (κ3) is 6.38. The number of hydrogen-bond donors (Lipinski definition) is 1. The van der Waals surface area contributed by atoms with Gasteiger partial charge in [-0.25, -0.2) is 0 Å². The fraction of sp³-hybridized carbons (Fsp3) is 0.391. The molecule has 0 radical (unpaired) electrons. The largest absolute Gasteiger partial charge is 0.352 e. The third-order valence-electron chi connectivity index (χ3n) is 4.56. The first-order chi connectivity index (χ1) is 13.3. The lowest BCUT2D eigenvalue weighted by Crippen LogP contribution is -2.50. The van der Waals surface area contributed by atoms with Crippen molar-refractivity contribution in [1.82, 2.24) is 10.2 Å². The molecule has 0 saturated heterocycles. The van der Waals surface area contributed by atoms with Crippen LogP contribution in [0, 0.1) is 6.92 Å². The number of nitrogens with one attached hydrogen (secondary N) is 1. The number of aryl methyl sites for hydroxylation is 1. The zero-order valence-electron chi connectivity index (χ0n) is 17.0. The highest BCUT2D eigenvalue weighted by Crippen LogP contribution is 2.17. The summed E-state index contributed by atoms with van der Waals surface area (Å²) in [6, 6.07) is 14.8. The van der Waals surface area contributed by atoms with Gasteiger partial charge >= 0.3 is 0 Å². The minimum atomic E-state index is -0.518. The van der Waals surface area contributed by atoms with Crippen molar-refractivity contribution in [2.24, 2.45) is 0 Å². The minimum Gasteiger partial charge on any atom is -0.352 e. The number of rotatable bonds is 8. The second-order valence-electron chi connectivity index (χ2n) is 7.40. The van der Waals surface area contributed by atoms with Crippen LogP contribution in [0.2, 0.25) is 5.02 Å². The highest BCUT2D eigenvalue weighted by Gasteiger charge is 2.28. The molecule has 1 N–H and O–H groups in total. The fourth-order valence-corrected chi connectivity index (χ4v) is 3.19. The summed E-state index contributed by atoms with van der Waals surface area (Å²) in [6.07, 6.45) is 0.811. The Bertz CT molecular complexity index is 785. The summed E-state index contributed by atoms with van der Waals surface area (Å²) < 4.78 is 0. The van der Waals surface area contributed by atoms with Gasteiger partial charge in [0, 0.05) is 17.6 Å². The zero-order valence-corrected chi connectivity index (χ0v) is 17.8. The van der Waals surface area contributed by atoms with Gasteiger partial charge in [-0.15, -0.1) is 0 Å². The van der Waals surface area contributed by atoms with E-state index in [2.05, 4.69) is 5.32 Å². The van der Waals surface area contributed by atoms with Crippen molar-refractivity contribution in [3.63, 3.8) is 0 Å². The van der Waals surface area contributed by atoms with E-state index < -0.39 is 6.04 Å². The predicted octanol–water partition coefficient (Wildman–Crippen LogP) is 4.52. The number of carbonyl (C=O) groups excluding carboxylic acids is 2. The van der Waals surface area contributed by atoms with Crippen LogP contribution in [0.1, 0.15) is 43.9 Å². The minimum absolute atomic E-state index is 0.0196. The first-order valence-corrected chi connectivity index (χ1v) is 10.1. The monoisotopic (exact) mass is 400 g/mol. The molecule has 2 rings (SSSR count). The van der Waals surface area contributed by atoms with E-state index in [1.807, 2.05) is 64.1 Å². The summed E-state index contributed by atoms with van der Waals surface area (Å²) in [5.74, 6) is -0.187. The maximum absolute atomic E-state index is 13.2. The average Bonchev–Trinajstić information content (AvgIpc) is 2.64. The van der Waals surface area contributed by atoms with Crippen LogP contribution >= 0.6 is 11.6 Å². The van der Waals surface area contributed by atoms with E-state index in [0.29, 0.717) is 18.0 Å². The number of hydrogen-bond acceptors (Lipinski definition) is 2. The van der Waals surface area contributed by atoms with Crippen LogP contribution in [0.15, 0.2) is 48.5 Å². The van der Waals surface area contributed by atoms with Crippen molar-refractivity contribution >= 4 is 23.4 Å². The SMILES string of the molecule is CCC(C(=O)NC(C)C)N(Cc1ccc(Cl)cc1)C(=O)Cc1ccc(C)cc1. The van der Waals surface area contributed by atoms with Crippen molar-refractivity contribution in [3.05, 3.63) is 70.2 Å². The molecule has 2 aromatic carbocycles. The van der Waals surface area contributed by atoms with Crippen molar-refractivity contribution in [2.45, 2.75) is 59.2 Å². The van der Waals surface area contributed by atoms with Crippen LogP contribution < -0.4 is 5.32 Å². The highest BCUT2D eigenvalue weighted by atomic mass is 35.5. The molecule has 2 aromatic rings. The van der Waals surface area contributed by atoms with E-state index in [0.717, 1.165) is 16.7 Å². The van der Waals surface area contributed by atoms with Crippen LogP contribution in [-0.2, 0) is 22.6 Å². The molecule has 5 heteroatoms. The van der Waals surface area contributed by atoms with Crippen molar-refractivity contribution in [2.75, 3.05) is 0 Å². The topological polar surface area (TPSA) is 49.4 Å². The molecule has 28 heavy (non-hydrogen) atoms. The molecule has 1 atom stereocenters. The first kappa shape index (κ1) is 22.0. The number of halogens is 1. The van der Waals surface area contributed by atoms with Crippen LogP contribution in [0.5, 0.6) is 0 Å². The number of amides is 2. The summed E-state index contributed by atoms with van der Waals surface area (Å²) in [5, 5.41) is 3.59. The Kier molecular flexibility index (Phi) is 8.06. The fourth-order valence-electron chi connectivity index (χ4n) is 3.07. The quantitative estimate of drug-likeness (QED) is 0.708. The van der Waals surface area contributed by atoms with E-state index in [4.69, 9.17) is 11.6 Å². The Morgan fingerprint density at radius 2 is 1.57 bits per heavy atom. The van der Waals surface area contributed by atoms with Gasteiger partial charge in [0.05, 0.1) is 6.42 Å². The Hall–Kier alpha value is -2.33. The van der Waals surface area contributed by atoms with Crippen LogP contribution in [-0.4, -0.2) is 28.8 Å². The van der Waals surface area contributed by atoms with Gasteiger partial charge in [0.1, 0.15) is 6.04 Å². The summed E-state index contributed by atoms with van der Waals surface area (Å²) in [6.45, 7) is 8.15. The van der Waals surface area contributed by atoms with Crippen LogP contribution in [0.4, 0.5) is 0 Å². The molecule has 150 valence electrons. The van der Waals surface area contributed by atoms with Gasteiger partial charge in [0.25, 0.3) is 0 Å². The van der Waals surface area contributed by atoms with E-state index in [9.17, 15) is 9.59 Å². The number of carbonyl (C=O) groups is 2. The first-order valence-electron chi connectivity index (χ1n) is 9.70. The molecule has 0 heterocycles. The highest BCUT2D eigenvalue weighted by molar-refractivity contribution is 6.30. The number of benzene rings is 2. The van der Waals surface area contributed by atoms with E-state index in [1.54, 1.807) is 17.0 Å². The standard InChI is InChI=1S/C23H29ClN2O2/c1-5-21(23(28)25-16(2)3)26(15-19-10-12-20(24)13-11-19)22(27)14-18-8-6-17(4)7-9-18/h6-13,16,21H,5,14-15H2,1-4H3,(H,25,28). The summed E-state index contributed by atoms with van der Waals surface area (Å²) >= 11 is 5.98. The van der Waals surface area contributed by atoms with Gasteiger partial charge in [-0.3, -0.25) is 9.59 Å². The second-order valence-corrected chi connectivity index (χ2v) is 7.83. The van der Waals surface area contributed by atoms with Gasteiger partial charge in [-0.05, 0) is 50.5 Å². The maximum Gasteiger partial charge on any atom is 0.243 e. The van der Waals surface area contributed by atoms with Crippen molar-refractivity contribution in [1.29, 1.82) is 0 Å². The molecule has 0 saturated carbocycles. The lowest BCUT2D eigenvalue weighted by atomic mass is 10.1. The van der Waals surface area contributed by atoms with Crippen molar-refractivity contribution < 1.29 is 9.59 Å². The lowest BCUT2D eigenvalue weighted by Gasteiger charge is -2.31. The van der Waals surface area contributed by atoms with E-state index in [-0.39, 0.29) is 24.3 Å². The number of nitrogens with zero attached hydrogens (tertiary/aromatic N) is 1. The maximum atomic E-state index is 13.2. The molecule has 0 spiro atoms. The van der Waals surface area contributed by atoms with Gasteiger partial charge in [-0.2, -0.15) is 0 Å². The molecule has 0 aromatic heterocycles. The molecular formula is C23H29ClN2O2. The molecule has 2 amide bonds. The Balaban J connectivity index is 2.27. The Morgan fingerprint density at radius 1 is 1.00 bits per heavy atom. The molecule has 0 fully saturated rings. The normalized spacial score (nSPS) is 11.9. The molecular weight excluding hydrogens is 372 g/mol. The molecule has 0 bridgehead atoms. The molecule has 1 unspecified atom stereocenters. The average molecular weight is 401 g/mol. The van der Waals surface area contributed by atoms with Gasteiger partial charge in [0.2, 0.25) is 11.8 Å². The smallest absolute Gasteiger partial charge is 0.243 e. The van der Waals surface area contributed by atoms with Gasteiger partial charge in [0.15, 0.2) is 0 Å². The Labute approximate surface area is 172 Å². The van der Waals surface area contributed by atoms with Gasteiger partial charge in [-0.1, -0.05) is 60.5 Å². The van der Waals surface area contributed by atoms with Gasteiger partial charge < -0.3 is 10.2 Å². The van der Waals surface area contributed by atoms with Crippen LogP contribution in [0.3, 0.4) is 0 Å². The third-order valence-corrected chi connectivity index (χ3v) is 4.81. The molecule has 0 aliphatic carbocycles. The predicted molar refractivity (Wildman–Crippen MR) is 114 cm³/mol. The summed E-state index contributed by atoms with van der Waals surface area (Å²) in [5.41, 5.74) is 3.03. The van der Waals surface area contributed by atoms with Crippen molar-refractivity contribution in [3.8, 4) is 0 Å². The summed E-state index contributed by atoms with van der Waals surface area (Å²) in [7, 11) is 0.